The molecule has 3 nitrogen and oxygen atoms in total. The highest BCUT2D eigenvalue weighted by molar-refractivity contribution is 4.81. The largest absolute Gasteiger partial charge is 0.374 e. The molecule has 3 heteroatoms. The van der Waals surface area contributed by atoms with E-state index in [1.165, 1.54) is 32.2 Å². The van der Waals surface area contributed by atoms with Crippen LogP contribution in [0.1, 0.15) is 32.6 Å². The lowest BCUT2D eigenvalue weighted by Crippen LogP contribution is -2.50. The zero-order valence-corrected chi connectivity index (χ0v) is 10.7. The molecule has 0 amide bonds. The van der Waals surface area contributed by atoms with E-state index in [4.69, 9.17) is 4.74 Å². The molecule has 94 valence electrons. The van der Waals surface area contributed by atoms with Crippen LogP contribution in [0.4, 0.5) is 0 Å². The first kappa shape index (κ1) is 12.3. The molecular formula is C13H26N2O. The van der Waals surface area contributed by atoms with Gasteiger partial charge in [0.25, 0.3) is 0 Å². The van der Waals surface area contributed by atoms with E-state index in [0.717, 1.165) is 25.6 Å². The molecule has 2 rings (SSSR count). The first-order chi connectivity index (χ1) is 7.77. The van der Waals surface area contributed by atoms with Gasteiger partial charge in [-0.05, 0) is 32.7 Å². The molecule has 1 aliphatic carbocycles. The van der Waals surface area contributed by atoms with Crippen LogP contribution in [0.25, 0.3) is 0 Å². The Hall–Kier alpha value is -0.120. The van der Waals surface area contributed by atoms with Crippen molar-refractivity contribution in [2.45, 2.75) is 44.8 Å². The van der Waals surface area contributed by atoms with E-state index in [-0.39, 0.29) is 0 Å². The van der Waals surface area contributed by atoms with Gasteiger partial charge >= 0.3 is 0 Å². The topological polar surface area (TPSA) is 24.5 Å². The van der Waals surface area contributed by atoms with E-state index in [1.807, 2.05) is 0 Å². The van der Waals surface area contributed by atoms with E-state index >= 15 is 0 Å². The molecule has 2 fully saturated rings. The lowest BCUT2D eigenvalue weighted by atomic mass is 10.1. The third-order valence-corrected chi connectivity index (χ3v) is 4.21. The highest BCUT2D eigenvalue weighted by Gasteiger charge is 2.26. The summed E-state index contributed by atoms with van der Waals surface area (Å²) in [6.45, 7) is 6.44. The first-order valence-corrected chi connectivity index (χ1v) is 6.80. The van der Waals surface area contributed by atoms with Crippen LogP contribution in [0.3, 0.4) is 0 Å². The number of likely N-dealkylation sites (N-methyl/N-ethyl adjacent to an activating group) is 1. The lowest BCUT2D eigenvalue weighted by Gasteiger charge is -2.35. The summed E-state index contributed by atoms with van der Waals surface area (Å²) in [5.74, 6) is 0.934. The minimum absolute atomic E-state index is 0.375. The van der Waals surface area contributed by atoms with Gasteiger partial charge in [0.15, 0.2) is 0 Å². The average Bonchev–Trinajstić information content (AvgIpc) is 2.82. The molecule has 1 saturated heterocycles. The van der Waals surface area contributed by atoms with Crippen LogP contribution in [0.15, 0.2) is 0 Å². The number of nitrogens with one attached hydrogen (secondary N) is 1. The SMILES string of the molecule is CC(C1CNCCO1)N(C)CC1CCCC1. The lowest BCUT2D eigenvalue weighted by molar-refractivity contribution is -0.0227. The smallest absolute Gasteiger partial charge is 0.0852 e. The fourth-order valence-electron chi connectivity index (χ4n) is 2.95. The Morgan fingerprint density at radius 2 is 2.12 bits per heavy atom. The molecule has 0 aromatic heterocycles. The standard InChI is InChI=1S/C13H26N2O/c1-11(13-9-14-7-8-16-13)15(2)10-12-5-3-4-6-12/h11-14H,3-10H2,1-2H3. The zero-order chi connectivity index (χ0) is 11.4. The molecule has 0 aromatic rings. The van der Waals surface area contributed by atoms with Crippen LogP contribution < -0.4 is 5.32 Å². The second-order valence-corrected chi connectivity index (χ2v) is 5.44. The van der Waals surface area contributed by atoms with Crippen LogP contribution in [-0.2, 0) is 4.74 Å². The normalized spacial score (nSPS) is 29.8. The second kappa shape index (κ2) is 5.99. The average molecular weight is 226 g/mol. The van der Waals surface area contributed by atoms with Crippen molar-refractivity contribution < 1.29 is 4.74 Å². The van der Waals surface area contributed by atoms with Gasteiger partial charge in [-0.1, -0.05) is 12.8 Å². The van der Waals surface area contributed by atoms with Crippen LogP contribution in [-0.4, -0.2) is 50.3 Å². The van der Waals surface area contributed by atoms with E-state index in [9.17, 15) is 0 Å². The van der Waals surface area contributed by atoms with Crippen molar-refractivity contribution in [3.05, 3.63) is 0 Å². The Morgan fingerprint density at radius 1 is 1.38 bits per heavy atom. The van der Waals surface area contributed by atoms with Crippen molar-refractivity contribution in [3.8, 4) is 0 Å². The molecule has 2 aliphatic rings. The van der Waals surface area contributed by atoms with Gasteiger partial charge in [-0.3, -0.25) is 0 Å². The van der Waals surface area contributed by atoms with Gasteiger partial charge < -0.3 is 15.0 Å². The molecule has 1 heterocycles. The minimum Gasteiger partial charge on any atom is -0.374 e. The van der Waals surface area contributed by atoms with Crippen molar-refractivity contribution >= 4 is 0 Å². The van der Waals surface area contributed by atoms with Gasteiger partial charge in [0.2, 0.25) is 0 Å². The first-order valence-electron chi connectivity index (χ1n) is 6.80. The zero-order valence-electron chi connectivity index (χ0n) is 10.7. The maximum atomic E-state index is 5.82. The summed E-state index contributed by atoms with van der Waals surface area (Å²) < 4.78 is 5.82. The molecule has 16 heavy (non-hydrogen) atoms. The molecule has 2 atom stereocenters. The van der Waals surface area contributed by atoms with Crippen LogP contribution in [0, 0.1) is 5.92 Å². The number of nitrogens with zero attached hydrogens (tertiary/aromatic N) is 1. The van der Waals surface area contributed by atoms with Crippen molar-refractivity contribution in [2.75, 3.05) is 33.3 Å². The van der Waals surface area contributed by atoms with Gasteiger partial charge in [0, 0.05) is 25.7 Å². The number of morpholine rings is 1. The Kier molecular flexibility index (Phi) is 4.62. The Balaban J connectivity index is 1.75. The van der Waals surface area contributed by atoms with Gasteiger partial charge in [0.1, 0.15) is 0 Å². The molecule has 1 aliphatic heterocycles. The van der Waals surface area contributed by atoms with Gasteiger partial charge in [-0.15, -0.1) is 0 Å². The van der Waals surface area contributed by atoms with Crippen molar-refractivity contribution in [3.63, 3.8) is 0 Å². The molecule has 2 unspecified atom stereocenters. The van der Waals surface area contributed by atoms with Gasteiger partial charge in [-0.25, -0.2) is 0 Å². The van der Waals surface area contributed by atoms with E-state index in [2.05, 4.69) is 24.2 Å². The number of hydrogen-bond donors (Lipinski definition) is 1. The summed E-state index contributed by atoms with van der Waals surface area (Å²) in [5.41, 5.74) is 0. The molecule has 0 bridgehead atoms. The predicted octanol–water partition coefficient (Wildman–Crippen LogP) is 1.49. The number of rotatable bonds is 4. The van der Waals surface area contributed by atoms with Crippen LogP contribution >= 0.6 is 0 Å². The van der Waals surface area contributed by atoms with Gasteiger partial charge in [0.05, 0.1) is 12.7 Å². The Bertz CT molecular complexity index is 198. The Labute approximate surface area is 99.5 Å². The Morgan fingerprint density at radius 3 is 2.75 bits per heavy atom. The summed E-state index contributed by atoms with van der Waals surface area (Å²) >= 11 is 0. The van der Waals surface area contributed by atoms with Gasteiger partial charge in [-0.2, -0.15) is 0 Å². The van der Waals surface area contributed by atoms with E-state index in [1.54, 1.807) is 0 Å². The minimum atomic E-state index is 0.375. The fraction of sp³-hybridized carbons (Fsp3) is 1.00. The third-order valence-electron chi connectivity index (χ3n) is 4.21. The highest BCUT2D eigenvalue weighted by atomic mass is 16.5. The molecule has 1 saturated carbocycles. The van der Waals surface area contributed by atoms with Crippen molar-refractivity contribution in [1.82, 2.24) is 10.2 Å². The quantitative estimate of drug-likeness (QED) is 0.786. The summed E-state index contributed by atoms with van der Waals surface area (Å²) in [6, 6.07) is 0.536. The molecule has 0 radical (unpaired) electrons. The van der Waals surface area contributed by atoms with Crippen LogP contribution in [0.2, 0.25) is 0 Å². The molecular weight excluding hydrogens is 200 g/mol. The molecule has 1 N–H and O–H groups in total. The number of ether oxygens (including phenoxy) is 1. The third kappa shape index (κ3) is 3.19. The fourth-order valence-corrected chi connectivity index (χ4v) is 2.95. The number of hydrogen-bond acceptors (Lipinski definition) is 3. The summed E-state index contributed by atoms with van der Waals surface area (Å²) in [6.07, 6.45) is 6.12. The molecule has 0 aromatic carbocycles. The van der Waals surface area contributed by atoms with E-state index < -0.39 is 0 Å². The second-order valence-electron chi connectivity index (χ2n) is 5.44. The van der Waals surface area contributed by atoms with Crippen molar-refractivity contribution in [1.29, 1.82) is 0 Å². The van der Waals surface area contributed by atoms with Crippen LogP contribution in [0.5, 0.6) is 0 Å². The highest BCUT2D eigenvalue weighted by Crippen LogP contribution is 2.26. The van der Waals surface area contributed by atoms with Crippen molar-refractivity contribution in [2.24, 2.45) is 5.92 Å². The predicted molar refractivity (Wildman–Crippen MR) is 66.7 cm³/mol. The maximum Gasteiger partial charge on any atom is 0.0852 e. The van der Waals surface area contributed by atoms with E-state index in [0.29, 0.717) is 12.1 Å². The monoisotopic (exact) mass is 226 g/mol. The summed E-state index contributed by atoms with van der Waals surface area (Å²) in [5, 5.41) is 3.41. The molecule has 0 spiro atoms. The maximum absolute atomic E-state index is 5.82. The summed E-state index contributed by atoms with van der Waals surface area (Å²) in [4.78, 5) is 2.49. The summed E-state index contributed by atoms with van der Waals surface area (Å²) in [7, 11) is 2.25.